The van der Waals surface area contributed by atoms with Crippen LogP contribution in [0, 0.1) is 0 Å². The van der Waals surface area contributed by atoms with E-state index in [1.807, 2.05) is 25.1 Å². The van der Waals surface area contributed by atoms with Crippen LogP contribution < -0.4 is 5.32 Å². The van der Waals surface area contributed by atoms with E-state index in [-0.39, 0.29) is 0 Å². The molecular weight excluding hydrogens is 204 g/mol. The van der Waals surface area contributed by atoms with Crippen molar-refractivity contribution in [1.82, 2.24) is 10.3 Å². The van der Waals surface area contributed by atoms with E-state index in [0.717, 1.165) is 12.1 Å². The highest BCUT2D eigenvalue weighted by Gasteiger charge is 2.29. The second-order valence-corrected chi connectivity index (χ2v) is 3.99. The van der Waals surface area contributed by atoms with Crippen LogP contribution in [0.3, 0.4) is 0 Å². The van der Waals surface area contributed by atoms with Crippen molar-refractivity contribution in [1.29, 1.82) is 0 Å². The minimum absolute atomic E-state index is 0.560. The van der Waals surface area contributed by atoms with Gasteiger partial charge >= 0.3 is 5.97 Å². The van der Waals surface area contributed by atoms with Crippen LogP contribution in [-0.2, 0) is 11.2 Å². The molecule has 2 N–H and O–H groups in total. The molecule has 0 saturated heterocycles. The van der Waals surface area contributed by atoms with Crippen molar-refractivity contribution in [2.75, 3.05) is 6.54 Å². The maximum absolute atomic E-state index is 11.0. The van der Waals surface area contributed by atoms with Gasteiger partial charge in [0.2, 0.25) is 0 Å². The average molecular weight is 222 g/mol. The molecule has 0 aliphatic carbocycles. The number of nitrogens with zero attached hydrogens (tertiary/aromatic N) is 1. The van der Waals surface area contributed by atoms with Gasteiger partial charge < -0.3 is 10.4 Å². The Bertz CT molecular complexity index is 340. The molecule has 1 aromatic heterocycles. The third-order valence-electron chi connectivity index (χ3n) is 2.80. The van der Waals surface area contributed by atoms with Gasteiger partial charge in [0.25, 0.3) is 0 Å². The minimum Gasteiger partial charge on any atom is -0.480 e. The first kappa shape index (κ1) is 12.6. The highest BCUT2D eigenvalue weighted by molar-refractivity contribution is 5.78. The molecule has 0 bridgehead atoms. The first-order valence-electron chi connectivity index (χ1n) is 5.47. The lowest BCUT2D eigenvalue weighted by Crippen LogP contribution is -2.49. The summed E-state index contributed by atoms with van der Waals surface area (Å²) in [5.41, 5.74) is 0.133. The fraction of sp³-hybridized carbons (Fsp3) is 0.500. The summed E-state index contributed by atoms with van der Waals surface area (Å²) in [7, 11) is 0. The lowest BCUT2D eigenvalue weighted by molar-refractivity contribution is -0.144. The van der Waals surface area contributed by atoms with Gasteiger partial charge in [-0.1, -0.05) is 13.0 Å². The van der Waals surface area contributed by atoms with E-state index < -0.39 is 11.5 Å². The molecule has 16 heavy (non-hydrogen) atoms. The monoisotopic (exact) mass is 222 g/mol. The third kappa shape index (κ3) is 3.31. The van der Waals surface area contributed by atoms with Crippen LogP contribution in [0.25, 0.3) is 0 Å². The molecule has 0 spiro atoms. The molecule has 88 valence electrons. The molecule has 0 fully saturated rings. The van der Waals surface area contributed by atoms with E-state index in [2.05, 4.69) is 10.3 Å². The zero-order valence-electron chi connectivity index (χ0n) is 9.73. The van der Waals surface area contributed by atoms with Crippen LogP contribution >= 0.6 is 0 Å². The summed E-state index contributed by atoms with van der Waals surface area (Å²) in [6.07, 6.45) is 3.04. The van der Waals surface area contributed by atoms with Gasteiger partial charge in [0.1, 0.15) is 5.54 Å². The number of aliphatic carboxylic acids is 1. The molecule has 0 aliphatic rings. The summed E-state index contributed by atoms with van der Waals surface area (Å²) < 4.78 is 0. The van der Waals surface area contributed by atoms with Crippen molar-refractivity contribution in [2.24, 2.45) is 0 Å². The number of hydrogen-bond donors (Lipinski definition) is 2. The second-order valence-electron chi connectivity index (χ2n) is 3.99. The molecule has 0 radical (unpaired) electrons. The Kier molecular flexibility index (Phi) is 4.43. The summed E-state index contributed by atoms with van der Waals surface area (Å²) in [4.78, 5) is 15.2. The lowest BCUT2D eigenvalue weighted by Gasteiger charge is -2.24. The molecule has 1 aromatic rings. The Balaban J connectivity index is 2.43. The minimum atomic E-state index is -0.839. The predicted molar refractivity (Wildman–Crippen MR) is 62.3 cm³/mol. The van der Waals surface area contributed by atoms with Crippen molar-refractivity contribution in [3.8, 4) is 0 Å². The van der Waals surface area contributed by atoms with Gasteiger partial charge in [0.15, 0.2) is 0 Å². The first-order chi connectivity index (χ1) is 7.58. The topological polar surface area (TPSA) is 62.2 Å². The van der Waals surface area contributed by atoms with Crippen molar-refractivity contribution in [2.45, 2.75) is 32.2 Å². The Morgan fingerprint density at radius 1 is 1.56 bits per heavy atom. The molecule has 0 aliphatic heterocycles. The van der Waals surface area contributed by atoms with Gasteiger partial charge in [-0.25, -0.2) is 0 Å². The molecule has 0 aromatic carbocycles. The maximum atomic E-state index is 11.0. The summed E-state index contributed by atoms with van der Waals surface area (Å²) in [6, 6.07) is 5.73. The van der Waals surface area contributed by atoms with Crippen LogP contribution in [0.4, 0.5) is 0 Å². The summed E-state index contributed by atoms with van der Waals surface area (Å²) in [6.45, 7) is 4.18. The van der Waals surface area contributed by atoms with E-state index >= 15 is 0 Å². The first-order valence-corrected chi connectivity index (χ1v) is 5.47. The number of pyridine rings is 1. The van der Waals surface area contributed by atoms with Crippen LogP contribution in [0.5, 0.6) is 0 Å². The Hall–Kier alpha value is -1.42. The molecule has 1 unspecified atom stereocenters. The van der Waals surface area contributed by atoms with Crippen LogP contribution in [0.2, 0.25) is 0 Å². The highest BCUT2D eigenvalue weighted by atomic mass is 16.4. The quantitative estimate of drug-likeness (QED) is 0.765. The molecule has 4 nitrogen and oxygen atoms in total. The van der Waals surface area contributed by atoms with Gasteiger partial charge in [0, 0.05) is 24.9 Å². The second kappa shape index (κ2) is 5.61. The Labute approximate surface area is 95.7 Å². The van der Waals surface area contributed by atoms with Crippen molar-refractivity contribution in [3.05, 3.63) is 30.1 Å². The number of carboxylic acids is 1. The average Bonchev–Trinajstić information content (AvgIpc) is 2.30. The number of carbonyl (C=O) groups is 1. The van der Waals surface area contributed by atoms with E-state index in [1.54, 1.807) is 13.1 Å². The SMILES string of the molecule is CCC(C)(NCCc1ccccn1)C(=O)O. The highest BCUT2D eigenvalue weighted by Crippen LogP contribution is 2.09. The number of aromatic nitrogens is 1. The smallest absolute Gasteiger partial charge is 0.323 e. The summed E-state index contributed by atoms with van der Waals surface area (Å²) >= 11 is 0. The molecular formula is C12H18N2O2. The molecule has 1 heterocycles. The van der Waals surface area contributed by atoms with Gasteiger partial charge in [-0.15, -0.1) is 0 Å². The molecule has 0 amide bonds. The van der Waals surface area contributed by atoms with Gasteiger partial charge in [0.05, 0.1) is 0 Å². The third-order valence-corrected chi connectivity index (χ3v) is 2.80. The van der Waals surface area contributed by atoms with Crippen molar-refractivity contribution in [3.63, 3.8) is 0 Å². The Morgan fingerprint density at radius 2 is 2.31 bits per heavy atom. The molecule has 4 heteroatoms. The summed E-state index contributed by atoms with van der Waals surface area (Å²) in [5.74, 6) is -0.809. The maximum Gasteiger partial charge on any atom is 0.323 e. The zero-order valence-corrected chi connectivity index (χ0v) is 9.73. The molecule has 1 atom stereocenters. The zero-order chi connectivity index (χ0) is 12.0. The van der Waals surface area contributed by atoms with Gasteiger partial charge in [-0.05, 0) is 25.5 Å². The van der Waals surface area contributed by atoms with E-state index in [9.17, 15) is 4.79 Å². The number of carboxylic acid groups (broad SMARTS) is 1. The Morgan fingerprint density at radius 3 is 2.81 bits per heavy atom. The molecule has 0 saturated carbocycles. The fourth-order valence-corrected chi connectivity index (χ4v) is 1.36. The lowest BCUT2D eigenvalue weighted by atomic mass is 9.99. The van der Waals surface area contributed by atoms with Gasteiger partial charge in [-0.2, -0.15) is 0 Å². The fourth-order valence-electron chi connectivity index (χ4n) is 1.36. The van der Waals surface area contributed by atoms with E-state index in [0.29, 0.717) is 13.0 Å². The van der Waals surface area contributed by atoms with Crippen LogP contribution in [-0.4, -0.2) is 28.1 Å². The van der Waals surface area contributed by atoms with Crippen LogP contribution in [0.15, 0.2) is 24.4 Å². The van der Waals surface area contributed by atoms with Gasteiger partial charge in [-0.3, -0.25) is 9.78 Å². The largest absolute Gasteiger partial charge is 0.480 e. The van der Waals surface area contributed by atoms with E-state index in [1.165, 1.54) is 0 Å². The number of hydrogen-bond acceptors (Lipinski definition) is 3. The molecule has 1 rings (SSSR count). The normalized spacial score (nSPS) is 14.4. The standard InChI is InChI=1S/C12H18N2O2/c1-3-12(2,11(15)16)14-9-7-10-6-4-5-8-13-10/h4-6,8,14H,3,7,9H2,1-2H3,(H,15,16). The van der Waals surface area contributed by atoms with Crippen LogP contribution in [0.1, 0.15) is 26.0 Å². The number of rotatable bonds is 6. The number of nitrogens with one attached hydrogen (secondary N) is 1. The summed E-state index contributed by atoms with van der Waals surface area (Å²) in [5, 5.41) is 12.1. The van der Waals surface area contributed by atoms with E-state index in [4.69, 9.17) is 5.11 Å². The predicted octanol–water partition coefficient (Wildman–Crippen LogP) is 1.47. The van der Waals surface area contributed by atoms with Crippen molar-refractivity contribution >= 4 is 5.97 Å². The van der Waals surface area contributed by atoms with Crippen molar-refractivity contribution < 1.29 is 9.90 Å².